The zero-order chi connectivity index (χ0) is 16.8. The van der Waals surface area contributed by atoms with Gasteiger partial charge in [-0.3, -0.25) is 4.98 Å². The molecule has 5 nitrogen and oxygen atoms in total. The second-order valence-corrected chi connectivity index (χ2v) is 4.92. The van der Waals surface area contributed by atoms with Crippen molar-refractivity contribution < 1.29 is 9.13 Å². The van der Waals surface area contributed by atoms with Crippen LogP contribution in [0.2, 0.25) is 0 Å². The summed E-state index contributed by atoms with van der Waals surface area (Å²) in [5.41, 5.74) is 1.15. The molecular weight excluding hydrogens is 307 g/mol. The number of ether oxygens (including phenoxy) is 1. The second-order valence-electron chi connectivity index (χ2n) is 4.92. The maximum absolute atomic E-state index is 14.2. The Morgan fingerprint density at radius 2 is 2.04 bits per heavy atom. The molecule has 0 aliphatic rings. The van der Waals surface area contributed by atoms with E-state index in [2.05, 4.69) is 21.4 Å². The molecule has 0 bridgehead atoms. The largest absolute Gasteiger partial charge is 0.453 e. The topological polar surface area (TPSA) is 70.8 Å². The van der Waals surface area contributed by atoms with Crippen LogP contribution in [-0.4, -0.2) is 9.97 Å². The summed E-state index contributed by atoms with van der Waals surface area (Å²) >= 11 is 0. The third-order valence-electron chi connectivity index (χ3n) is 3.25. The van der Waals surface area contributed by atoms with Crippen molar-refractivity contribution in [3.8, 4) is 17.6 Å². The van der Waals surface area contributed by atoms with E-state index < -0.39 is 5.82 Å². The number of aromatic nitrogens is 2. The van der Waals surface area contributed by atoms with Crippen LogP contribution in [0.25, 0.3) is 0 Å². The summed E-state index contributed by atoms with van der Waals surface area (Å²) in [6.45, 7) is 0.343. The molecule has 6 heteroatoms. The van der Waals surface area contributed by atoms with Crippen molar-refractivity contribution in [3.05, 3.63) is 78.0 Å². The Morgan fingerprint density at radius 3 is 2.79 bits per heavy atom. The Labute approximate surface area is 138 Å². The highest BCUT2D eigenvalue weighted by atomic mass is 19.1. The van der Waals surface area contributed by atoms with Crippen molar-refractivity contribution >= 4 is 5.82 Å². The lowest BCUT2D eigenvalue weighted by atomic mass is 10.2. The van der Waals surface area contributed by atoms with Crippen molar-refractivity contribution in [3.63, 3.8) is 0 Å². The molecule has 0 saturated carbocycles. The van der Waals surface area contributed by atoms with Gasteiger partial charge in [0.15, 0.2) is 11.6 Å². The Morgan fingerprint density at radius 1 is 1.17 bits per heavy atom. The van der Waals surface area contributed by atoms with E-state index >= 15 is 0 Å². The smallest absolute Gasteiger partial charge is 0.166 e. The predicted molar refractivity (Wildman–Crippen MR) is 87.0 cm³/mol. The minimum Gasteiger partial charge on any atom is -0.453 e. The zero-order valence-electron chi connectivity index (χ0n) is 12.6. The minimum absolute atomic E-state index is 0.127. The fourth-order valence-electron chi connectivity index (χ4n) is 2.09. The molecule has 3 aromatic rings. The van der Waals surface area contributed by atoms with E-state index in [9.17, 15) is 4.39 Å². The lowest BCUT2D eigenvalue weighted by molar-refractivity contribution is 0.440. The predicted octanol–water partition coefficient (Wildman–Crippen LogP) is 3.89. The number of rotatable bonds is 5. The van der Waals surface area contributed by atoms with Crippen LogP contribution in [0.3, 0.4) is 0 Å². The number of nitrogens with one attached hydrogen (secondary N) is 1. The first-order chi connectivity index (χ1) is 11.8. The highest BCUT2D eigenvalue weighted by Gasteiger charge is 2.07. The van der Waals surface area contributed by atoms with Gasteiger partial charge in [0.2, 0.25) is 0 Å². The molecule has 0 aliphatic carbocycles. The molecule has 0 radical (unpaired) electrons. The van der Waals surface area contributed by atoms with Crippen molar-refractivity contribution in [2.45, 2.75) is 6.54 Å². The van der Waals surface area contributed by atoms with Crippen molar-refractivity contribution in [2.24, 2.45) is 0 Å². The van der Waals surface area contributed by atoms with Crippen LogP contribution in [0.4, 0.5) is 10.2 Å². The van der Waals surface area contributed by atoms with Gasteiger partial charge < -0.3 is 10.1 Å². The van der Waals surface area contributed by atoms with Gasteiger partial charge in [0, 0.05) is 18.9 Å². The van der Waals surface area contributed by atoms with E-state index in [1.807, 2.05) is 0 Å². The Balaban J connectivity index is 1.70. The number of pyridine rings is 2. The summed E-state index contributed by atoms with van der Waals surface area (Å²) in [6.07, 6.45) is 4.72. The van der Waals surface area contributed by atoms with Crippen LogP contribution in [0.15, 0.2) is 61.1 Å². The number of anilines is 1. The van der Waals surface area contributed by atoms with Crippen LogP contribution >= 0.6 is 0 Å². The molecule has 2 heterocycles. The van der Waals surface area contributed by atoms with E-state index in [1.54, 1.807) is 48.8 Å². The normalized spacial score (nSPS) is 10.0. The average molecular weight is 320 g/mol. The molecule has 118 valence electrons. The zero-order valence-corrected chi connectivity index (χ0v) is 12.6. The first-order valence-electron chi connectivity index (χ1n) is 7.21. The summed E-state index contributed by atoms with van der Waals surface area (Å²) in [5, 5.41) is 12.1. The van der Waals surface area contributed by atoms with Crippen LogP contribution in [-0.2, 0) is 6.54 Å². The molecule has 0 saturated heterocycles. The number of halogens is 1. The fourth-order valence-corrected chi connectivity index (χ4v) is 2.09. The van der Waals surface area contributed by atoms with E-state index in [1.165, 1.54) is 12.3 Å². The van der Waals surface area contributed by atoms with Gasteiger partial charge in [0.1, 0.15) is 17.6 Å². The average Bonchev–Trinajstić information content (AvgIpc) is 2.63. The van der Waals surface area contributed by atoms with Gasteiger partial charge in [0.25, 0.3) is 0 Å². The standard InChI is InChI=1S/C18H13FN4O/c19-16-9-13(11-23-18-14(10-20)3-1-8-22-18)5-6-17(16)24-15-4-2-7-21-12-15/h1-9,12H,11H2,(H,22,23). The maximum Gasteiger partial charge on any atom is 0.166 e. The molecule has 0 spiro atoms. The van der Waals surface area contributed by atoms with Crippen molar-refractivity contribution in [1.82, 2.24) is 9.97 Å². The first-order valence-corrected chi connectivity index (χ1v) is 7.21. The van der Waals surface area contributed by atoms with Crippen LogP contribution in [0, 0.1) is 17.1 Å². The molecule has 1 aromatic carbocycles. The molecule has 2 aromatic heterocycles. The maximum atomic E-state index is 14.2. The third-order valence-corrected chi connectivity index (χ3v) is 3.25. The molecule has 3 rings (SSSR count). The van der Waals surface area contributed by atoms with Gasteiger partial charge >= 0.3 is 0 Å². The van der Waals surface area contributed by atoms with Crippen molar-refractivity contribution in [1.29, 1.82) is 5.26 Å². The van der Waals surface area contributed by atoms with Gasteiger partial charge in [-0.2, -0.15) is 5.26 Å². The van der Waals surface area contributed by atoms with Gasteiger partial charge in [-0.1, -0.05) is 6.07 Å². The summed E-state index contributed by atoms with van der Waals surface area (Å²) in [7, 11) is 0. The fraction of sp³-hybridized carbons (Fsp3) is 0.0556. The van der Waals surface area contributed by atoms with Crippen LogP contribution in [0.1, 0.15) is 11.1 Å². The summed E-state index contributed by atoms with van der Waals surface area (Å²) in [5.74, 6) is 0.590. The number of nitriles is 1. The Kier molecular flexibility index (Phi) is 4.63. The van der Waals surface area contributed by atoms with Gasteiger partial charge in [-0.15, -0.1) is 0 Å². The van der Waals surface area contributed by atoms with Gasteiger partial charge in [-0.05, 0) is 42.0 Å². The third kappa shape index (κ3) is 3.65. The molecule has 0 aliphatic heterocycles. The molecular formula is C18H13FN4O. The number of hydrogen-bond acceptors (Lipinski definition) is 5. The second kappa shape index (κ2) is 7.20. The molecule has 0 fully saturated rings. The van der Waals surface area contributed by atoms with Crippen molar-refractivity contribution in [2.75, 3.05) is 5.32 Å². The van der Waals surface area contributed by atoms with Gasteiger partial charge in [-0.25, -0.2) is 9.37 Å². The molecule has 1 N–H and O–H groups in total. The summed E-state index contributed by atoms with van der Waals surface area (Å²) in [4.78, 5) is 8.02. The lowest BCUT2D eigenvalue weighted by Gasteiger charge is -2.10. The highest BCUT2D eigenvalue weighted by Crippen LogP contribution is 2.24. The Bertz CT molecular complexity index is 878. The van der Waals surface area contributed by atoms with E-state index in [-0.39, 0.29) is 5.75 Å². The summed E-state index contributed by atoms with van der Waals surface area (Å²) in [6, 6.07) is 13.5. The van der Waals surface area contributed by atoms with E-state index in [4.69, 9.17) is 10.00 Å². The monoisotopic (exact) mass is 320 g/mol. The lowest BCUT2D eigenvalue weighted by Crippen LogP contribution is -2.03. The number of hydrogen-bond donors (Lipinski definition) is 1. The van der Waals surface area contributed by atoms with Gasteiger partial charge in [0.05, 0.1) is 11.8 Å². The van der Waals surface area contributed by atoms with E-state index in [0.29, 0.717) is 29.2 Å². The SMILES string of the molecule is N#Cc1cccnc1NCc1ccc(Oc2cccnc2)c(F)c1. The number of benzene rings is 1. The highest BCUT2D eigenvalue weighted by molar-refractivity contribution is 5.51. The first kappa shape index (κ1) is 15.4. The molecule has 0 atom stereocenters. The molecule has 0 amide bonds. The molecule has 24 heavy (non-hydrogen) atoms. The Hall–Kier alpha value is -3.46. The summed E-state index contributed by atoms with van der Waals surface area (Å²) < 4.78 is 19.6. The van der Waals surface area contributed by atoms with Crippen LogP contribution in [0.5, 0.6) is 11.5 Å². The quantitative estimate of drug-likeness (QED) is 0.772. The molecule has 0 unspecified atom stereocenters. The minimum atomic E-state index is -0.473. The van der Waals surface area contributed by atoms with Crippen LogP contribution < -0.4 is 10.1 Å². The number of nitrogens with zero attached hydrogens (tertiary/aromatic N) is 3. The van der Waals surface area contributed by atoms with E-state index in [0.717, 1.165) is 0 Å².